The number of amides is 2. The summed E-state index contributed by atoms with van der Waals surface area (Å²) in [5.41, 5.74) is 2.65. The van der Waals surface area contributed by atoms with Gasteiger partial charge in [-0.25, -0.2) is 4.79 Å². The molecule has 128 valence electrons. The fraction of sp³-hybridized carbons (Fsp3) is 0.611. The van der Waals surface area contributed by atoms with Crippen LogP contribution in [0.5, 0.6) is 0 Å². The quantitative estimate of drug-likeness (QED) is 0.872. The number of rotatable bonds is 5. The SMILES string of the molecule is Cc1cccc(CN2CCC(NC(=O)N(C)CC(C)O)CC2)c1. The maximum atomic E-state index is 12.0. The first-order chi connectivity index (χ1) is 10.9. The summed E-state index contributed by atoms with van der Waals surface area (Å²) < 4.78 is 0. The molecule has 1 fully saturated rings. The van der Waals surface area contributed by atoms with Crippen LogP contribution in [-0.2, 0) is 6.54 Å². The van der Waals surface area contributed by atoms with Crippen molar-refractivity contribution in [1.82, 2.24) is 15.1 Å². The standard InChI is InChI=1S/C18H29N3O2/c1-14-5-4-6-16(11-14)13-21-9-7-17(8-10-21)19-18(23)20(3)12-15(2)22/h4-6,11,15,17,22H,7-10,12-13H2,1-3H3,(H,19,23). The normalized spacial score (nSPS) is 17.7. The predicted molar refractivity (Wildman–Crippen MR) is 92.3 cm³/mol. The second-order valence-electron chi connectivity index (χ2n) is 6.72. The fourth-order valence-corrected chi connectivity index (χ4v) is 3.07. The number of urea groups is 1. The molecule has 1 aliphatic heterocycles. The van der Waals surface area contributed by atoms with Gasteiger partial charge in [-0.2, -0.15) is 0 Å². The van der Waals surface area contributed by atoms with Gasteiger partial charge in [-0.1, -0.05) is 29.8 Å². The van der Waals surface area contributed by atoms with Crippen LogP contribution in [0, 0.1) is 6.92 Å². The molecular weight excluding hydrogens is 290 g/mol. The number of likely N-dealkylation sites (N-methyl/N-ethyl adjacent to an activating group) is 1. The van der Waals surface area contributed by atoms with Crippen LogP contribution in [0.25, 0.3) is 0 Å². The molecule has 5 nitrogen and oxygen atoms in total. The highest BCUT2D eigenvalue weighted by Crippen LogP contribution is 2.15. The van der Waals surface area contributed by atoms with Crippen molar-refractivity contribution in [3.05, 3.63) is 35.4 Å². The number of carbonyl (C=O) groups is 1. The van der Waals surface area contributed by atoms with E-state index in [1.807, 2.05) is 0 Å². The molecule has 1 aromatic carbocycles. The molecule has 1 aromatic rings. The van der Waals surface area contributed by atoms with E-state index in [1.165, 1.54) is 11.1 Å². The Morgan fingerprint density at radius 3 is 2.74 bits per heavy atom. The van der Waals surface area contributed by atoms with E-state index in [0.29, 0.717) is 6.54 Å². The number of piperidine rings is 1. The Balaban J connectivity index is 1.74. The van der Waals surface area contributed by atoms with Gasteiger partial charge in [0.2, 0.25) is 0 Å². The van der Waals surface area contributed by atoms with Gasteiger partial charge in [0.1, 0.15) is 0 Å². The number of carbonyl (C=O) groups excluding carboxylic acids is 1. The number of hydrogen-bond acceptors (Lipinski definition) is 3. The van der Waals surface area contributed by atoms with Gasteiger partial charge in [0.05, 0.1) is 6.10 Å². The first kappa shape index (κ1) is 17.8. The molecule has 1 saturated heterocycles. The summed E-state index contributed by atoms with van der Waals surface area (Å²) >= 11 is 0. The van der Waals surface area contributed by atoms with Gasteiger partial charge in [0.25, 0.3) is 0 Å². The monoisotopic (exact) mass is 319 g/mol. The number of benzene rings is 1. The smallest absolute Gasteiger partial charge is 0.317 e. The average Bonchev–Trinajstić information content (AvgIpc) is 2.48. The topological polar surface area (TPSA) is 55.8 Å². The molecule has 0 radical (unpaired) electrons. The molecule has 1 unspecified atom stereocenters. The Morgan fingerprint density at radius 1 is 1.43 bits per heavy atom. The lowest BCUT2D eigenvalue weighted by molar-refractivity contribution is 0.137. The van der Waals surface area contributed by atoms with Crippen LogP contribution in [0.4, 0.5) is 4.79 Å². The molecule has 1 aliphatic rings. The van der Waals surface area contributed by atoms with Crippen LogP contribution in [0.2, 0.25) is 0 Å². The van der Waals surface area contributed by atoms with Crippen molar-refractivity contribution in [3.8, 4) is 0 Å². The van der Waals surface area contributed by atoms with Crippen LogP contribution in [-0.4, -0.2) is 59.8 Å². The van der Waals surface area contributed by atoms with E-state index in [1.54, 1.807) is 18.9 Å². The molecule has 23 heavy (non-hydrogen) atoms. The molecule has 0 spiro atoms. The Kier molecular flexibility index (Phi) is 6.42. The lowest BCUT2D eigenvalue weighted by atomic mass is 10.0. The minimum Gasteiger partial charge on any atom is -0.392 e. The van der Waals surface area contributed by atoms with Crippen molar-refractivity contribution in [2.75, 3.05) is 26.7 Å². The van der Waals surface area contributed by atoms with Crippen LogP contribution in [0.15, 0.2) is 24.3 Å². The summed E-state index contributed by atoms with van der Waals surface area (Å²) in [7, 11) is 1.72. The van der Waals surface area contributed by atoms with E-state index < -0.39 is 6.10 Å². The van der Waals surface area contributed by atoms with Gasteiger partial charge >= 0.3 is 6.03 Å². The second-order valence-corrected chi connectivity index (χ2v) is 6.72. The van der Waals surface area contributed by atoms with E-state index in [0.717, 1.165) is 32.5 Å². The Morgan fingerprint density at radius 2 is 2.13 bits per heavy atom. The molecule has 0 aliphatic carbocycles. The molecule has 1 atom stereocenters. The van der Waals surface area contributed by atoms with Gasteiger partial charge in [-0.15, -0.1) is 0 Å². The summed E-state index contributed by atoms with van der Waals surface area (Å²) in [6.07, 6.45) is 1.45. The lowest BCUT2D eigenvalue weighted by Gasteiger charge is -2.33. The summed E-state index contributed by atoms with van der Waals surface area (Å²) in [6, 6.07) is 8.77. The largest absolute Gasteiger partial charge is 0.392 e. The van der Waals surface area contributed by atoms with Crippen molar-refractivity contribution in [1.29, 1.82) is 0 Å². The minimum absolute atomic E-state index is 0.0944. The zero-order chi connectivity index (χ0) is 16.8. The van der Waals surface area contributed by atoms with E-state index >= 15 is 0 Å². The zero-order valence-electron chi connectivity index (χ0n) is 14.5. The highest BCUT2D eigenvalue weighted by atomic mass is 16.3. The highest BCUT2D eigenvalue weighted by Gasteiger charge is 2.22. The third-order valence-electron chi connectivity index (χ3n) is 4.29. The number of aryl methyl sites for hydroxylation is 1. The van der Waals surface area contributed by atoms with Crippen molar-refractivity contribution < 1.29 is 9.90 Å². The maximum absolute atomic E-state index is 12.0. The van der Waals surface area contributed by atoms with E-state index in [2.05, 4.69) is 41.4 Å². The van der Waals surface area contributed by atoms with Crippen molar-refractivity contribution in [3.63, 3.8) is 0 Å². The van der Waals surface area contributed by atoms with Crippen LogP contribution in [0.3, 0.4) is 0 Å². The van der Waals surface area contributed by atoms with Gasteiger partial charge in [-0.3, -0.25) is 4.90 Å². The highest BCUT2D eigenvalue weighted by molar-refractivity contribution is 5.74. The van der Waals surface area contributed by atoms with Gasteiger partial charge < -0.3 is 15.3 Å². The zero-order valence-corrected chi connectivity index (χ0v) is 14.5. The summed E-state index contributed by atoms with van der Waals surface area (Å²) in [5.74, 6) is 0. The molecular formula is C18H29N3O2. The molecule has 0 bridgehead atoms. The van der Waals surface area contributed by atoms with Crippen molar-refractivity contribution in [2.24, 2.45) is 0 Å². The molecule has 2 amide bonds. The number of nitrogens with one attached hydrogen (secondary N) is 1. The van der Waals surface area contributed by atoms with E-state index in [9.17, 15) is 9.90 Å². The van der Waals surface area contributed by atoms with Gasteiger partial charge in [-0.05, 0) is 32.3 Å². The summed E-state index contributed by atoms with van der Waals surface area (Å²) in [4.78, 5) is 16.0. The molecule has 1 heterocycles. The maximum Gasteiger partial charge on any atom is 0.317 e. The Hall–Kier alpha value is -1.59. The first-order valence-corrected chi connectivity index (χ1v) is 8.41. The van der Waals surface area contributed by atoms with Crippen molar-refractivity contribution in [2.45, 2.75) is 45.4 Å². The molecule has 5 heteroatoms. The number of hydrogen-bond donors (Lipinski definition) is 2. The lowest BCUT2D eigenvalue weighted by Crippen LogP contribution is -2.49. The van der Waals surface area contributed by atoms with Crippen LogP contribution < -0.4 is 5.32 Å². The number of nitrogens with zero attached hydrogens (tertiary/aromatic N) is 2. The third-order valence-corrected chi connectivity index (χ3v) is 4.29. The molecule has 0 aromatic heterocycles. The van der Waals surface area contributed by atoms with Crippen LogP contribution >= 0.6 is 0 Å². The van der Waals surface area contributed by atoms with Crippen molar-refractivity contribution >= 4 is 6.03 Å². The summed E-state index contributed by atoms with van der Waals surface area (Å²) in [6.45, 7) is 7.14. The number of aliphatic hydroxyl groups excluding tert-OH is 1. The van der Waals surface area contributed by atoms with Crippen LogP contribution in [0.1, 0.15) is 30.9 Å². The van der Waals surface area contributed by atoms with Gasteiger partial charge in [0.15, 0.2) is 0 Å². The Bertz CT molecular complexity index is 511. The fourth-order valence-electron chi connectivity index (χ4n) is 3.07. The second kappa shape index (κ2) is 8.31. The third kappa shape index (κ3) is 5.84. The molecule has 2 N–H and O–H groups in total. The number of likely N-dealkylation sites (tertiary alicyclic amines) is 1. The van der Waals surface area contributed by atoms with Gasteiger partial charge in [0, 0.05) is 39.3 Å². The minimum atomic E-state index is -0.498. The number of aliphatic hydroxyl groups is 1. The summed E-state index contributed by atoms with van der Waals surface area (Å²) in [5, 5.41) is 12.4. The molecule has 2 rings (SSSR count). The van der Waals surface area contributed by atoms with E-state index in [-0.39, 0.29) is 12.1 Å². The van der Waals surface area contributed by atoms with E-state index in [4.69, 9.17) is 0 Å². The molecule has 0 saturated carbocycles. The first-order valence-electron chi connectivity index (χ1n) is 8.41. The predicted octanol–water partition coefficient (Wildman–Crippen LogP) is 1.98. The average molecular weight is 319 g/mol. The Labute approximate surface area is 139 Å².